The van der Waals surface area contributed by atoms with Crippen LogP contribution in [0.2, 0.25) is 0 Å². The van der Waals surface area contributed by atoms with Crippen molar-refractivity contribution in [2.45, 2.75) is 67.3 Å². The highest BCUT2D eigenvalue weighted by molar-refractivity contribution is 7.88. The van der Waals surface area contributed by atoms with Gasteiger partial charge in [0.25, 0.3) is 0 Å². The first-order chi connectivity index (χ1) is 12.2. The normalized spacial score (nSPS) is 14.6. The molecule has 6 nitrogen and oxygen atoms in total. The number of nitrogens with one attached hydrogen (secondary N) is 1. The number of sulfonamides is 1. The van der Waals surface area contributed by atoms with E-state index in [0.29, 0.717) is 0 Å². The summed E-state index contributed by atoms with van der Waals surface area (Å²) >= 11 is 0. The van der Waals surface area contributed by atoms with Gasteiger partial charge >= 0.3 is 5.97 Å². The molecule has 0 aliphatic carbocycles. The van der Waals surface area contributed by atoms with E-state index in [2.05, 4.69) is 36.1 Å². The molecule has 0 unspecified atom stereocenters. The molecule has 1 heterocycles. The van der Waals surface area contributed by atoms with Crippen LogP contribution < -0.4 is 5.32 Å². The third-order valence-corrected chi connectivity index (χ3v) is 4.51. The van der Waals surface area contributed by atoms with Crippen LogP contribution in [0.5, 0.6) is 0 Å². The Morgan fingerprint density at radius 3 is 1.92 bits per heavy atom. The third-order valence-electron chi connectivity index (χ3n) is 3.23. The Balaban J connectivity index is -0.000000445. The summed E-state index contributed by atoms with van der Waals surface area (Å²) < 4.78 is 28.9. The smallest absolute Gasteiger partial charge is 0.321 e. The highest BCUT2D eigenvalue weighted by Gasteiger charge is 2.29. The van der Waals surface area contributed by atoms with Crippen LogP contribution in [0.3, 0.4) is 0 Å². The average molecular weight is 395 g/mol. The summed E-state index contributed by atoms with van der Waals surface area (Å²) in [5.74, 6) is 0.193. The van der Waals surface area contributed by atoms with E-state index in [1.807, 2.05) is 34.6 Å². The molecule has 0 aromatic carbocycles. The summed E-state index contributed by atoms with van der Waals surface area (Å²) in [7, 11) is -2.11. The van der Waals surface area contributed by atoms with Crippen LogP contribution in [0, 0.1) is 5.92 Å². The number of carbonyl (C=O) groups excluding carboxylic acids is 1. The summed E-state index contributed by atoms with van der Waals surface area (Å²) in [6, 6.07) is -0.102. The Bertz CT molecular complexity index is 442. The van der Waals surface area contributed by atoms with Crippen molar-refractivity contribution in [1.82, 2.24) is 9.62 Å². The van der Waals surface area contributed by atoms with Crippen molar-refractivity contribution in [3.63, 3.8) is 0 Å². The predicted molar refractivity (Wildman–Crippen MR) is 112 cm³/mol. The fraction of sp³-hybridized carbons (Fsp3) is 0.842. The van der Waals surface area contributed by atoms with Gasteiger partial charge in [0, 0.05) is 6.04 Å². The van der Waals surface area contributed by atoms with Gasteiger partial charge < -0.3 is 10.1 Å². The van der Waals surface area contributed by atoms with Gasteiger partial charge in [0.05, 0.1) is 13.4 Å². The molecule has 0 spiro atoms. The van der Waals surface area contributed by atoms with E-state index in [1.165, 1.54) is 11.4 Å². The predicted octanol–water partition coefficient (Wildman–Crippen LogP) is 3.44. The molecule has 0 atom stereocenters. The van der Waals surface area contributed by atoms with Gasteiger partial charge in [-0.25, -0.2) is 8.42 Å². The van der Waals surface area contributed by atoms with Gasteiger partial charge in [-0.2, -0.15) is 4.31 Å². The number of hydrogen-bond acceptors (Lipinski definition) is 5. The van der Waals surface area contributed by atoms with Crippen LogP contribution in [0.15, 0.2) is 12.2 Å². The standard InChI is InChI=1S/C9H18N2O4S.C6H12.2C2H6/c1-15-9(12)7-11(16(2,13)14)8-3-5-10-6-4-8;1-4-5-6(2)3;2*1-2/h8,10H,3-7H2,1-2H3;4-6H,1-3H3;2*1-2H3/b;5-4-;;. The van der Waals surface area contributed by atoms with E-state index in [-0.39, 0.29) is 12.6 Å². The molecule has 1 rings (SSSR count). The first kappa shape index (κ1) is 29.8. The fourth-order valence-electron chi connectivity index (χ4n) is 2.19. The molecule has 1 aliphatic rings. The molecule has 1 aliphatic heterocycles. The van der Waals surface area contributed by atoms with Crippen molar-refractivity contribution >= 4 is 16.0 Å². The second kappa shape index (κ2) is 18.9. The van der Waals surface area contributed by atoms with Gasteiger partial charge in [-0.05, 0) is 38.8 Å². The van der Waals surface area contributed by atoms with E-state index in [9.17, 15) is 13.2 Å². The summed E-state index contributed by atoms with van der Waals surface area (Å²) in [5.41, 5.74) is 0. The molecule has 0 bridgehead atoms. The molecular formula is C19H42N2O4S. The molecule has 1 N–H and O–H groups in total. The summed E-state index contributed by atoms with van der Waals surface area (Å²) in [6.45, 7) is 15.7. The Morgan fingerprint density at radius 1 is 1.19 bits per heavy atom. The van der Waals surface area contributed by atoms with E-state index >= 15 is 0 Å². The van der Waals surface area contributed by atoms with Gasteiger partial charge in [-0.1, -0.05) is 53.7 Å². The van der Waals surface area contributed by atoms with Gasteiger partial charge in [0.2, 0.25) is 10.0 Å². The van der Waals surface area contributed by atoms with E-state index in [4.69, 9.17) is 0 Å². The Morgan fingerprint density at radius 2 is 1.65 bits per heavy atom. The molecule has 7 heteroatoms. The molecule has 0 aromatic rings. The number of hydrogen-bond donors (Lipinski definition) is 1. The van der Waals surface area contributed by atoms with Crippen molar-refractivity contribution in [2.24, 2.45) is 5.92 Å². The second-order valence-electron chi connectivity index (χ2n) is 5.64. The molecule has 158 valence electrons. The lowest BCUT2D eigenvalue weighted by molar-refractivity contribution is -0.141. The number of carbonyl (C=O) groups is 1. The molecule has 26 heavy (non-hydrogen) atoms. The van der Waals surface area contributed by atoms with Crippen molar-refractivity contribution < 1.29 is 17.9 Å². The van der Waals surface area contributed by atoms with Gasteiger partial charge in [-0.15, -0.1) is 0 Å². The number of esters is 1. The second-order valence-corrected chi connectivity index (χ2v) is 7.57. The highest BCUT2D eigenvalue weighted by Crippen LogP contribution is 2.15. The van der Waals surface area contributed by atoms with Crippen LogP contribution in [0.1, 0.15) is 61.3 Å². The van der Waals surface area contributed by atoms with E-state index in [1.54, 1.807) is 0 Å². The van der Waals surface area contributed by atoms with Gasteiger partial charge in [0.1, 0.15) is 6.54 Å². The lowest BCUT2D eigenvalue weighted by Crippen LogP contribution is -2.47. The van der Waals surface area contributed by atoms with Gasteiger partial charge in [0.15, 0.2) is 0 Å². The van der Waals surface area contributed by atoms with E-state index in [0.717, 1.165) is 38.1 Å². The molecule has 1 fully saturated rings. The number of rotatable bonds is 5. The van der Waals surface area contributed by atoms with Crippen molar-refractivity contribution in [3.05, 3.63) is 12.2 Å². The topological polar surface area (TPSA) is 75.7 Å². The van der Waals surface area contributed by atoms with Crippen LogP contribution in [0.4, 0.5) is 0 Å². The Hall–Kier alpha value is -0.920. The zero-order chi connectivity index (χ0) is 21.2. The molecule has 0 radical (unpaired) electrons. The minimum atomic E-state index is -3.36. The first-order valence-electron chi connectivity index (χ1n) is 9.59. The lowest BCUT2D eigenvalue weighted by Gasteiger charge is -2.31. The maximum Gasteiger partial charge on any atom is 0.321 e. The average Bonchev–Trinajstić information content (AvgIpc) is 2.63. The summed E-state index contributed by atoms with van der Waals surface area (Å²) in [5, 5.41) is 3.15. The summed E-state index contributed by atoms with van der Waals surface area (Å²) in [6.07, 6.45) is 6.82. The molecular weight excluding hydrogens is 352 g/mol. The monoisotopic (exact) mass is 394 g/mol. The molecule has 0 amide bonds. The zero-order valence-corrected chi connectivity index (χ0v) is 19.1. The Kier molecular flexibility index (Phi) is 21.6. The number of ether oxygens (including phenoxy) is 1. The number of piperidine rings is 1. The maximum atomic E-state index is 11.6. The highest BCUT2D eigenvalue weighted by atomic mass is 32.2. The van der Waals surface area contributed by atoms with Crippen molar-refractivity contribution in [3.8, 4) is 0 Å². The van der Waals surface area contributed by atoms with Crippen LogP contribution >= 0.6 is 0 Å². The minimum absolute atomic E-state index is 0.102. The number of nitrogens with zero attached hydrogens (tertiary/aromatic N) is 1. The number of allylic oxidation sites excluding steroid dienone is 2. The Labute approximate surface area is 162 Å². The maximum absolute atomic E-state index is 11.6. The fourth-order valence-corrected chi connectivity index (χ4v) is 3.28. The van der Waals surface area contributed by atoms with Crippen molar-refractivity contribution in [1.29, 1.82) is 0 Å². The minimum Gasteiger partial charge on any atom is -0.468 e. The quantitative estimate of drug-likeness (QED) is 0.571. The lowest BCUT2D eigenvalue weighted by atomic mass is 10.1. The van der Waals surface area contributed by atoms with Crippen LogP contribution in [-0.2, 0) is 19.6 Å². The summed E-state index contributed by atoms with van der Waals surface area (Å²) in [4.78, 5) is 11.2. The van der Waals surface area contributed by atoms with Crippen molar-refractivity contribution in [2.75, 3.05) is 33.0 Å². The number of methoxy groups -OCH3 is 1. The first-order valence-corrected chi connectivity index (χ1v) is 11.4. The van der Waals surface area contributed by atoms with Gasteiger partial charge in [-0.3, -0.25) is 4.79 Å². The SMILES string of the molecule is C/C=C\C(C)C.CC.CC.COC(=O)CN(C1CCNCC1)S(C)(=O)=O. The largest absolute Gasteiger partial charge is 0.468 e. The van der Waals surface area contributed by atoms with E-state index < -0.39 is 16.0 Å². The van der Waals surface area contributed by atoms with Crippen LogP contribution in [0.25, 0.3) is 0 Å². The van der Waals surface area contributed by atoms with Crippen LogP contribution in [-0.4, -0.2) is 57.7 Å². The molecule has 0 saturated carbocycles. The molecule has 1 saturated heterocycles. The molecule has 0 aromatic heterocycles. The zero-order valence-electron chi connectivity index (χ0n) is 18.3. The third kappa shape index (κ3) is 16.5.